The summed E-state index contributed by atoms with van der Waals surface area (Å²) in [6, 6.07) is 4.06. The number of carboxylic acids is 1. The van der Waals surface area contributed by atoms with E-state index < -0.39 is 21.5 Å². The molecule has 1 rings (SSSR count). The molecule has 0 aliphatic carbocycles. The van der Waals surface area contributed by atoms with Crippen molar-refractivity contribution in [2.24, 2.45) is 0 Å². The highest BCUT2D eigenvalue weighted by atomic mass is 32.2. The highest BCUT2D eigenvalue weighted by Crippen LogP contribution is 2.17. The first-order chi connectivity index (χ1) is 8.03. The zero-order valence-electron chi connectivity index (χ0n) is 10.8. The summed E-state index contributed by atoms with van der Waals surface area (Å²) in [5.41, 5.74) is -0.100. The van der Waals surface area contributed by atoms with Crippen molar-refractivity contribution in [3.05, 3.63) is 29.3 Å². The number of rotatable bonds is 3. The molecule has 1 aromatic rings. The van der Waals surface area contributed by atoms with Crippen LogP contribution in [0.15, 0.2) is 23.1 Å². The van der Waals surface area contributed by atoms with E-state index in [1.54, 1.807) is 27.7 Å². The molecule has 0 saturated heterocycles. The van der Waals surface area contributed by atoms with Crippen LogP contribution >= 0.6 is 0 Å². The van der Waals surface area contributed by atoms with Crippen LogP contribution < -0.4 is 4.72 Å². The van der Waals surface area contributed by atoms with Crippen molar-refractivity contribution in [2.45, 2.75) is 38.1 Å². The lowest BCUT2D eigenvalue weighted by Gasteiger charge is -2.20. The zero-order valence-corrected chi connectivity index (χ0v) is 11.6. The van der Waals surface area contributed by atoms with E-state index in [1.807, 2.05) is 0 Å². The summed E-state index contributed by atoms with van der Waals surface area (Å²) in [5, 5.41) is 8.97. The largest absolute Gasteiger partial charge is 0.478 e. The van der Waals surface area contributed by atoms with Crippen molar-refractivity contribution in [3.63, 3.8) is 0 Å². The Kier molecular flexibility index (Phi) is 3.83. The lowest BCUT2D eigenvalue weighted by Crippen LogP contribution is -2.40. The van der Waals surface area contributed by atoms with E-state index in [0.29, 0.717) is 5.56 Å². The normalized spacial score (nSPS) is 12.4. The third kappa shape index (κ3) is 3.54. The summed E-state index contributed by atoms with van der Waals surface area (Å²) in [5.74, 6) is -1.14. The quantitative estimate of drug-likeness (QED) is 0.877. The van der Waals surface area contributed by atoms with Gasteiger partial charge in [-0.3, -0.25) is 0 Å². The van der Waals surface area contributed by atoms with Gasteiger partial charge in [-0.05, 0) is 45.4 Å². The van der Waals surface area contributed by atoms with Gasteiger partial charge in [-0.15, -0.1) is 0 Å². The maximum absolute atomic E-state index is 12.0. The molecule has 0 saturated carbocycles. The van der Waals surface area contributed by atoms with E-state index in [-0.39, 0.29) is 10.5 Å². The molecule has 0 spiro atoms. The minimum absolute atomic E-state index is 0.00761. The van der Waals surface area contributed by atoms with Gasteiger partial charge >= 0.3 is 5.97 Å². The molecule has 0 amide bonds. The van der Waals surface area contributed by atoms with Gasteiger partial charge in [0.25, 0.3) is 0 Å². The third-order valence-electron chi connectivity index (χ3n) is 2.19. The summed E-state index contributed by atoms with van der Waals surface area (Å²) in [7, 11) is -3.70. The molecule has 0 radical (unpaired) electrons. The average Bonchev–Trinajstić information content (AvgIpc) is 2.13. The number of aryl methyl sites for hydroxylation is 1. The Morgan fingerprint density at radius 3 is 2.28 bits per heavy atom. The lowest BCUT2D eigenvalue weighted by molar-refractivity contribution is 0.0696. The summed E-state index contributed by atoms with van der Waals surface area (Å²) >= 11 is 0. The highest BCUT2D eigenvalue weighted by molar-refractivity contribution is 7.89. The summed E-state index contributed by atoms with van der Waals surface area (Å²) in [4.78, 5) is 10.9. The zero-order chi connectivity index (χ0) is 14.1. The molecule has 18 heavy (non-hydrogen) atoms. The number of hydrogen-bond donors (Lipinski definition) is 2. The second-order valence-corrected chi connectivity index (χ2v) is 6.82. The Balaban J connectivity index is 3.27. The molecule has 0 aliphatic rings. The van der Waals surface area contributed by atoms with Crippen molar-refractivity contribution in [3.8, 4) is 0 Å². The third-order valence-corrected chi connectivity index (χ3v) is 3.95. The first-order valence-electron chi connectivity index (χ1n) is 5.41. The maximum atomic E-state index is 12.0. The fourth-order valence-electron chi connectivity index (χ4n) is 1.46. The highest BCUT2D eigenvalue weighted by Gasteiger charge is 2.23. The van der Waals surface area contributed by atoms with Gasteiger partial charge in [-0.1, -0.05) is 6.07 Å². The Labute approximate surface area is 107 Å². The molecule has 1 aromatic carbocycles. The van der Waals surface area contributed by atoms with E-state index in [1.165, 1.54) is 18.2 Å². The SMILES string of the molecule is Cc1ccc(S(=O)(=O)NC(C)(C)C)cc1C(=O)O. The van der Waals surface area contributed by atoms with Crippen LogP contribution in [0.5, 0.6) is 0 Å². The van der Waals surface area contributed by atoms with Crippen LogP contribution in [-0.2, 0) is 10.0 Å². The molecule has 0 unspecified atom stereocenters. The standard InChI is InChI=1S/C12H17NO4S/c1-8-5-6-9(7-10(8)11(14)15)18(16,17)13-12(2,3)4/h5-7,13H,1-4H3,(H,14,15). The van der Waals surface area contributed by atoms with Gasteiger partial charge in [-0.25, -0.2) is 17.9 Å². The molecule has 0 aromatic heterocycles. The number of carbonyl (C=O) groups is 1. The number of benzene rings is 1. The van der Waals surface area contributed by atoms with Crippen molar-refractivity contribution >= 4 is 16.0 Å². The van der Waals surface area contributed by atoms with Gasteiger partial charge in [0.1, 0.15) is 0 Å². The summed E-state index contributed by atoms with van der Waals surface area (Å²) in [6.07, 6.45) is 0. The Morgan fingerprint density at radius 2 is 1.83 bits per heavy atom. The van der Waals surface area contributed by atoms with Crippen molar-refractivity contribution < 1.29 is 18.3 Å². The smallest absolute Gasteiger partial charge is 0.335 e. The van der Waals surface area contributed by atoms with E-state index in [4.69, 9.17) is 5.11 Å². The molecule has 0 aliphatic heterocycles. The minimum atomic E-state index is -3.70. The molecule has 100 valence electrons. The summed E-state index contributed by atoms with van der Waals surface area (Å²) in [6.45, 7) is 6.78. The first kappa shape index (κ1) is 14.7. The van der Waals surface area contributed by atoms with Gasteiger partial charge in [-0.2, -0.15) is 0 Å². The fraction of sp³-hybridized carbons (Fsp3) is 0.417. The molecule has 5 nitrogen and oxygen atoms in total. The molecule has 2 N–H and O–H groups in total. The van der Waals surface area contributed by atoms with E-state index >= 15 is 0 Å². The molecule has 0 bridgehead atoms. The topological polar surface area (TPSA) is 83.5 Å². The van der Waals surface area contributed by atoms with Gasteiger partial charge in [0, 0.05) is 5.54 Å². The van der Waals surface area contributed by atoms with Crippen molar-refractivity contribution in [2.75, 3.05) is 0 Å². The molecule has 6 heteroatoms. The van der Waals surface area contributed by atoms with Crippen LogP contribution in [0.2, 0.25) is 0 Å². The van der Waals surface area contributed by atoms with E-state index in [2.05, 4.69) is 4.72 Å². The Hall–Kier alpha value is -1.40. The number of sulfonamides is 1. The lowest BCUT2D eigenvalue weighted by atomic mass is 10.1. The van der Waals surface area contributed by atoms with Gasteiger partial charge in [0.2, 0.25) is 10.0 Å². The van der Waals surface area contributed by atoms with Gasteiger partial charge < -0.3 is 5.11 Å². The predicted molar refractivity (Wildman–Crippen MR) is 68.2 cm³/mol. The van der Waals surface area contributed by atoms with Gasteiger partial charge in [0.15, 0.2) is 0 Å². The van der Waals surface area contributed by atoms with Crippen LogP contribution in [-0.4, -0.2) is 25.0 Å². The predicted octanol–water partition coefficient (Wildman–Crippen LogP) is 1.77. The fourth-order valence-corrected chi connectivity index (χ4v) is 2.90. The van der Waals surface area contributed by atoms with Crippen LogP contribution in [0, 0.1) is 6.92 Å². The average molecular weight is 271 g/mol. The van der Waals surface area contributed by atoms with Crippen LogP contribution in [0.25, 0.3) is 0 Å². The molecule has 0 atom stereocenters. The Morgan fingerprint density at radius 1 is 1.28 bits per heavy atom. The molecule has 0 heterocycles. The van der Waals surface area contributed by atoms with Crippen LogP contribution in [0.1, 0.15) is 36.7 Å². The molecular weight excluding hydrogens is 254 g/mol. The Bertz CT molecular complexity index is 570. The van der Waals surface area contributed by atoms with Crippen molar-refractivity contribution in [1.82, 2.24) is 4.72 Å². The number of hydrogen-bond acceptors (Lipinski definition) is 3. The number of carboxylic acid groups (broad SMARTS) is 1. The molecule has 0 fully saturated rings. The monoisotopic (exact) mass is 271 g/mol. The second-order valence-electron chi connectivity index (χ2n) is 5.14. The number of nitrogens with one attached hydrogen (secondary N) is 1. The molecular formula is C12H17NO4S. The maximum Gasteiger partial charge on any atom is 0.335 e. The number of aromatic carboxylic acids is 1. The van der Waals surface area contributed by atoms with E-state index in [9.17, 15) is 13.2 Å². The van der Waals surface area contributed by atoms with E-state index in [0.717, 1.165) is 0 Å². The van der Waals surface area contributed by atoms with Crippen LogP contribution in [0.3, 0.4) is 0 Å². The van der Waals surface area contributed by atoms with Crippen molar-refractivity contribution in [1.29, 1.82) is 0 Å². The minimum Gasteiger partial charge on any atom is -0.478 e. The second kappa shape index (κ2) is 4.70. The van der Waals surface area contributed by atoms with Gasteiger partial charge in [0.05, 0.1) is 10.5 Å². The van der Waals surface area contributed by atoms with Crippen LogP contribution in [0.4, 0.5) is 0 Å². The summed E-state index contributed by atoms with van der Waals surface area (Å²) < 4.78 is 26.5. The first-order valence-corrected chi connectivity index (χ1v) is 6.89.